The summed E-state index contributed by atoms with van der Waals surface area (Å²) in [6, 6.07) is 2.10. The van der Waals surface area contributed by atoms with Crippen molar-refractivity contribution in [3.8, 4) is 0 Å². The van der Waals surface area contributed by atoms with Gasteiger partial charge in [-0.25, -0.2) is 0 Å². The molecule has 0 atom stereocenters. The Kier molecular flexibility index (Phi) is 4.50. The van der Waals surface area contributed by atoms with Gasteiger partial charge in [0.1, 0.15) is 0 Å². The predicted molar refractivity (Wildman–Crippen MR) is 55.7 cm³/mol. The third-order valence-corrected chi connectivity index (χ3v) is 3.73. The Labute approximate surface area is 84.7 Å². The second-order valence-corrected chi connectivity index (χ2v) is 4.57. The summed E-state index contributed by atoms with van der Waals surface area (Å²) in [4.78, 5) is 1.44. The second kappa shape index (κ2) is 5.18. The Hall–Kier alpha value is 0.470. The Morgan fingerprint density at radius 2 is 2.27 bits per heavy atom. The number of hydrogen-bond acceptors (Lipinski definition) is 1. The average Bonchev–Trinajstić information content (AvgIpc) is 2.37. The molecule has 1 rings (SSSR count). The van der Waals surface area contributed by atoms with Gasteiger partial charge >= 0.3 is 0 Å². The number of halogens is 2. The van der Waals surface area contributed by atoms with Crippen molar-refractivity contribution in [1.29, 1.82) is 0 Å². The van der Waals surface area contributed by atoms with Gasteiger partial charge in [0.2, 0.25) is 0 Å². The first-order chi connectivity index (χ1) is 5.34. The summed E-state index contributed by atoms with van der Waals surface area (Å²) in [6.07, 6.45) is 3.47. The van der Waals surface area contributed by atoms with Crippen LogP contribution in [0.25, 0.3) is 0 Å². The largest absolute Gasteiger partial charge is 0.148 e. The van der Waals surface area contributed by atoms with E-state index in [0.717, 1.165) is 18.7 Å². The van der Waals surface area contributed by atoms with Crippen molar-refractivity contribution in [2.45, 2.75) is 19.3 Å². The predicted octanol–water partition coefficient (Wildman–Crippen LogP) is 4.07. The maximum atomic E-state index is 5.57. The van der Waals surface area contributed by atoms with Crippen molar-refractivity contribution in [3.05, 3.63) is 20.8 Å². The molecule has 62 valence electrons. The molecule has 0 bridgehead atoms. The molecule has 0 aliphatic heterocycles. The highest BCUT2D eigenvalue weighted by molar-refractivity contribution is 9.10. The van der Waals surface area contributed by atoms with Gasteiger partial charge in [0.05, 0.1) is 0 Å². The van der Waals surface area contributed by atoms with Crippen molar-refractivity contribution < 1.29 is 0 Å². The highest BCUT2D eigenvalue weighted by atomic mass is 79.9. The zero-order valence-electron chi connectivity index (χ0n) is 6.15. The van der Waals surface area contributed by atoms with Gasteiger partial charge in [-0.2, -0.15) is 0 Å². The zero-order valence-corrected chi connectivity index (χ0v) is 9.31. The van der Waals surface area contributed by atoms with Crippen LogP contribution in [-0.4, -0.2) is 5.88 Å². The van der Waals surface area contributed by atoms with E-state index < -0.39 is 0 Å². The summed E-state index contributed by atoms with van der Waals surface area (Å²) < 4.78 is 1.25. The quantitative estimate of drug-likeness (QED) is 0.560. The molecular formula is C8H10BrClS. The van der Waals surface area contributed by atoms with E-state index in [-0.39, 0.29) is 0 Å². The lowest BCUT2D eigenvalue weighted by atomic mass is 10.2. The molecule has 0 saturated carbocycles. The van der Waals surface area contributed by atoms with Crippen LogP contribution in [0.15, 0.2) is 15.9 Å². The zero-order chi connectivity index (χ0) is 8.10. The molecule has 1 aromatic heterocycles. The van der Waals surface area contributed by atoms with E-state index in [4.69, 9.17) is 11.6 Å². The van der Waals surface area contributed by atoms with E-state index >= 15 is 0 Å². The van der Waals surface area contributed by atoms with Crippen LogP contribution in [0, 0.1) is 0 Å². The molecule has 0 unspecified atom stereocenters. The fourth-order valence-electron chi connectivity index (χ4n) is 0.884. The number of alkyl halides is 1. The van der Waals surface area contributed by atoms with Gasteiger partial charge < -0.3 is 0 Å². The summed E-state index contributed by atoms with van der Waals surface area (Å²) >= 11 is 10.9. The SMILES string of the molecule is ClCCCCc1sccc1Br. The molecule has 3 heteroatoms. The number of rotatable bonds is 4. The van der Waals surface area contributed by atoms with E-state index in [1.807, 2.05) is 11.3 Å². The van der Waals surface area contributed by atoms with Crippen LogP contribution in [0.2, 0.25) is 0 Å². The molecular weight excluding hydrogens is 244 g/mol. The lowest BCUT2D eigenvalue weighted by Crippen LogP contribution is -1.82. The standard InChI is InChI=1S/C8H10BrClS/c9-7-4-6-11-8(7)3-1-2-5-10/h4,6H,1-3,5H2. The molecule has 1 aromatic rings. The van der Waals surface area contributed by atoms with E-state index in [0.29, 0.717) is 0 Å². The summed E-state index contributed by atoms with van der Waals surface area (Å²) in [5.41, 5.74) is 0. The molecule has 0 aliphatic carbocycles. The van der Waals surface area contributed by atoms with Crippen LogP contribution in [-0.2, 0) is 6.42 Å². The van der Waals surface area contributed by atoms with Crippen molar-refractivity contribution in [3.63, 3.8) is 0 Å². The molecule has 11 heavy (non-hydrogen) atoms. The van der Waals surface area contributed by atoms with E-state index in [1.165, 1.54) is 15.8 Å². The molecule has 1 heterocycles. The summed E-state index contributed by atoms with van der Waals surface area (Å²) in [5.74, 6) is 0.781. The molecule has 0 amide bonds. The van der Waals surface area contributed by atoms with Crippen LogP contribution < -0.4 is 0 Å². The molecule has 0 N–H and O–H groups in total. The Bertz CT molecular complexity index is 210. The highest BCUT2D eigenvalue weighted by Crippen LogP contribution is 2.24. The van der Waals surface area contributed by atoms with Crippen LogP contribution in [0.4, 0.5) is 0 Å². The monoisotopic (exact) mass is 252 g/mol. The molecule has 0 fully saturated rings. The van der Waals surface area contributed by atoms with Crippen molar-refractivity contribution in [2.75, 3.05) is 5.88 Å². The topological polar surface area (TPSA) is 0 Å². The number of unbranched alkanes of at least 4 members (excludes halogenated alkanes) is 1. The number of aryl methyl sites for hydroxylation is 1. The van der Waals surface area contributed by atoms with Gasteiger partial charge in [-0.05, 0) is 46.6 Å². The maximum absolute atomic E-state index is 5.57. The molecule has 0 aromatic carbocycles. The Morgan fingerprint density at radius 3 is 2.82 bits per heavy atom. The van der Waals surface area contributed by atoms with Gasteiger partial charge in [-0.1, -0.05) is 0 Å². The van der Waals surface area contributed by atoms with Gasteiger partial charge in [-0.15, -0.1) is 22.9 Å². The first-order valence-corrected chi connectivity index (χ1v) is 5.83. The second-order valence-electron chi connectivity index (χ2n) is 2.34. The van der Waals surface area contributed by atoms with Crippen LogP contribution in [0.1, 0.15) is 17.7 Å². The van der Waals surface area contributed by atoms with E-state index in [1.54, 1.807) is 0 Å². The lowest BCUT2D eigenvalue weighted by Gasteiger charge is -1.95. The molecule has 0 spiro atoms. The van der Waals surface area contributed by atoms with Gasteiger partial charge in [0.15, 0.2) is 0 Å². The molecule has 0 nitrogen and oxygen atoms in total. The molecule has 0 saturated heterocycles. The van der Waals surface area contributed by atoms with Crippen molar-refractivity contribution in [2.24, 2.45) is 0 Å². The first kappa shape index (κ1) is 9.56. The summed E-state index contributed by atoms with van der Waals surface area (Å²) in [5, 5.41) is 2.11. The minimum Gasteiger partial charge on any atom is -0.148 e. The van der Waals surface area contributed by atoms with Crippen LogP contribution >= 0.6 is 38.9 Å². The molecule has 0 aliphatic rings. The number of thiophene rings is 1. The van der Waals surface area contributed by atoms with Crippen molar-refractivity contribution >= 4 is 38.9 Å². The van der Waals surface area contributed by atoms with Crippen LogP contribution in [0.5, 0.6) is 0 Å². The number of hydrogen-bond donors (Lipinski definition) is 0. The van der Waals surface area contributed by atoms with Gasteiger partial charge in [0.25, 0.3) is 0 Å². The maximum Gasteiger partial charge on any atom is 0.0314 e. The third kappa shape index (κ3) is 3.14. The fraction of sp³-hybridized carbons (Fsp3) is 0.500. The van der Waals surface area contributed by atoms with Crippen molar-refractivity contribution in [1.82, 2.24) is 0 Å². The average molecular weight is 254 g/mol. The lowest BCUT2D eigenvalue weighted by molar-refractivity contribution is 0.807. The van der Waals surface area contributed by atoms with E-state index in [9.17, 15) is 0 Å². The minimum absolute atomic E-state index is 0.781. The summed E-state index contributed by atoms with van der Waals surface area (Å²) in [6.45, 7) is 0. The van der Waals surface area contributed by atoms with Gasteiger partial charge in [-0.3, -0.25) is 0 Å². The summed E-state index contributed by atoms with van der Waals surface area (Å²) in [7, 11) is 0. The van der Waals surface area contributed by atoms with E-state index in [2.05, 4.69) is 27.4 Å². The third-order valence-electron chi connectivity index (χ3n) is 1.48. The van der Waals surface area contributed by atoms with Crippen LogP contribution in [0.3, 0.4) is 0 Å². The van der Waals surface area contributed by atoms with Gasteiger partial charge in [0, 0.05) is 15.2 Å². The minimum atomic E-state index is 0.781. The normalized spacial score (nSPS) is 10.4. The molecule has 0 radical (unpaired) electrons. The first-order valence-electron chi connectivity index (χ1n) is 3.62. The fourth-order valence-corrected chi connectivity index (χ4v) is 2.67. The Balaban J connectivity index is 2.32. The smallest absolute Gasteiger partial charge is 0.0314 e. The Morgan fingerprint density at radius 1 is 1.45 bits per heavy atom. The highest BCUT2D eigenvalue weighted by Gasteiger charge is 1.99.